The van der Waals surface area contributed by atoms with Crippen LogP contribution in [0.3, 0.4) is 0 Å². The average Bonchev–Trinajstić information content (AvgIpc) is 2.47. The third-order valence-corrected chi connectivity index (χ3v) is 3.70. The number of fused-ring (bicyclic) bond motifs is 1. The van der Waals surface area contributed by atoms with Crippen molar-refractivity contribution in [1.82, 2.24) is 4.90 Å². The standard InChI is InChI=1S/C17H17NO3/c1-21-14-7-13-10-18(9-12-5-3-2-4-6-12)11-16(20)17(13)15(19)8-14/h2-8,19H,9-11H2,1H3. The topological polar surface area (TPSA) is 49.8 Å². The molecule has 1 aliphatic rings. The highest BCUT2D eigenvalue weighted by Crippen LogP contribution is 2.32. The Morgan fingerprint density at radius 1 is 1.19 bits per heavy atom. The zero-order valence-corrected chi connectivity index (χ0v) is 11.9. The van der Waals surface area contributed by atoms with E-state index in [2.05, 4.69) is 4.90 Å². The van der Waals surface area contributed by atoms with Crippen LogP contribution in [-0.4, -0.2) is 29.4 Å². The maximum atomic E-state index is 12.3. The van der Waals surface area contributed by atoms with E-state index in [0.29, 0.717) is 30.9 Å². The Balaban J connectivity index is 1.88. The molecule has 2 aromatic rings. The summed E-state index contributed by atoms with van der Waals surface area (Å²) in [6, 6.07) is 13.4. The number of phenolic OH excluding ortho intramolecular Hbond substituents is 1. The number of Topliss-reactive ketones (excluding diaryl/α,β-unsaturated/α-hetero) is 1. The fourth-order valence-electron chi connectivity index (χ4n) is 2.75. The Hall–Kier alpha value is -2.33. The quantitative estimate of drug-likeness (QED) is 0.940. The van der Waals surface area contributed by atoms with Crippen LogP contribution in [0.4, 0.5) is 0 Å². The van der Waals surface area contributed by atoms with E-state index in [9.17, 15) is 9.90 Å². The zero-order valence-electron chi connectivity index (χ0n) is 11.9. The van der Waals surface area contributed by atoms with Crippen LogP contribution in [0.15, 0.2) is 42.5 Å². The van der Waals surface area contributed by atoms with E-state index in [4.69, 9.17) is 4.74 Å². The molecule has 21 heavy (non-hydrogen) atoms. The van der Waals surface area contributed by atoms with Crippen molar-refractivity contribution in [3.8, 4) is 11.5 Å². The number of benzene rings is 2. The minimum Gasteiger partial charge on any atom is -0.507 e. The molecule has 0 saturated carbocycles. The van der Waals surface area contributed by atoms with Crippen molar-refractivity contribution >= 4 is 5.78 Å². The number of rotatable bonds is 3. The van der Waals surface area contributed by atoms with Crippen LogP contribution in [0.5, 0.6) is 11.5 Å². The fraction of sp³-hybridized carbons (Fsp3) is 0.235. The largest absolute Gasteiger partial charge is 0.507 e. The summed E-state index contributed by atoms with van der Waals surface area (Å²) in [6.07, 6.45) is 0. The minimum atomic E-state index is -0.0488. The fourth-order valence-corrected chi connectivity index (χ4v) is 2.75. The molecule has 1 aliphatic heterocycles. The molecule has 0 saturated heterocycles. The summed E-state index contributed by atoms with van der Waals surface area (Å²) < 4.78 is 5.16. The second-order valence-corrected chi connectivity index (χ2v) is 5.23. The van der Waals surface area contributed by atoms with Crippen LogP contribution < -0.4 is 4.74 Å². The molecular weight excluding hydrogens is 266 g/mol. The number of carbonyl (C=O) groups excluding carboxylic acids is 1. The van der Waals surface area contributed by atoms with Gasteiger partial charge in [0.05, 0.1) is 19.2 Å². The number of ketones is 1. The summed E-state index contributed by atoms with van der Waals surface area (Å²) in [4.78, 5) is 14.3. The van der Waals surface area contributed by atoms with Gasteiger partial charge in [-0.05, 0) is 17.2 Å². The monoisotopic (exact) mass is 283 g/mol. The lowest BCUT2D eigenvalue weighted by molar-refractivity contribution is 0.0891. The summed E-state index contributed by atoms with van der Waals surface area (Å²) in [7, 11) is 1.55. The van der Waals surface area contributed by atoms with Gasteiger partial charge in [0.25, 0.3) is 0 Å². The van der Waals surface area contributed by atoms with E-state index in [0.717, 1.165) is 5.56 Å². The van der Waals surface area contributed by atoms with Crippen molar-refractivity contribution in [2.75, 3.05) is 13.7 Å². The minimum absolute atomic E-state index is 0.00807. The first-order chi connectivity index (χ1) is 10.2. The molecule has 0 spiro atoms. The summed E-state index contributed by atoms with van der Waals surface area (Å²) in [5, 5.41) is 10.00. The van der Waals surface area contributed by atoms with Crippen molar-refractivity contribution in [3.63, 3.8) is 0 Å². The van der Waals surface area contributed by atoms with E-state index in [1.807, 2.05) is 36.4 Å². The Kier molecular flexibility index (Phi) is 3.62. The molecule has 0 atom stereocenters. The van der Waals surface area contributed by atoms with Gasteiger partial charge in [0.15, 0.2) is 5.78 Å². The summed E-state index contributed by atoms with van der Waals surface area (Å²) in [5.74, 6) is 0.529. The van der Waals surface area contributed by atoms with E-state index in [1.54, 1.807) is 7.11 Å². The Morgan fingerprint density at radius 3 is 2.67 bits per heavy atom. The van der Waals surface area contributed by atoms with Crippen LogP contribution >= 0.6 is 0 Å². The number of methoxy groups -OCH3 is 1. The first-order valence-electron chi connectivity index (χ1n) is 6.86. The maximum Gasteiger partial charge on any atom is 0.180 e. The number of hydrogen-bond donors (Lipinski definition) is 1. The molecule has 2 aromatic carbocycles. The van der Waals surface area contributed by atoms with Gasteiger partial charge in [-0.25, -0.2) is 0 Å². The third kappa shape index (κ3) is 2.76. The Bertz CT molecular complexity index is 667. The lowest BCUT2D eigenvalue weighted by Gasteiger charge is -2.28. The van der Waals surface area contributed by atoms with Gasteiger partial charge < -0.3 is 9.84 Å². The highest BCUT2D eigenvalue weighted by Gasteiger charge is 2.26. The molecule has 1 N–H and O–H groups in total. The first-order valence-corrected chi connectivity index (χ1v) is 6.86. The van der Waals surface area contributed by atoms with Gasteiger partial charge in [-0.3, -0.25) is 9.69 Å². The molecule has 4 heteroatoms. The van der Waals surface area contributed by atoms with Crippen molar-refractivity contribution < 1.29 is 14.6 Å². The van der Waals surface area contributed by atoms with Crippen molar-refractivity contribution in [3.05, 3.63) is 59.2 Å². The molecule has 0 bridgehead atoms. The second-order valence-electron chi connectivity index (χ2n) is 5.23. The van der Waals surface area contributed by atoms with Crippen molar-refractivity contribution in [2.45, 2.75) is 13.1 Å². The molecule has 1 heterocycles. The van der Waals surface area contributed by atoms with Gasteiger partial charge in [0.1, 0.15) is 11.5 Å². The first kappa shape index (κ1) is 13.6. The molecule has 0 amide bonds. The van der Waals surface area contributed by atoms with Crippen LogP contribution in [0, 0.1) is 0 Å². The number of phenols is 1. The second kappa shape index (κ2) is 5.58. The summed E-state index contributed by atoms with van der Waals surface area (Å²) >= 11 is 0. The highest BCUT2D eigenvalue weighted by atomic mass is 16.5. The van der Waals surface area contributed by atoms with Crippen LogP contribution in [0.1, 0.15) is 21.5 Å². The maximum absolute atomic E-state index is 12.3. The number of nitrogens with zero attached hydrogens (tertiary/aromatic N) is 1. The average molecular weight is 283 g/mol. The molecule has 0 unspecified atom stereocenters. The number of aromatic hydroxyl groups is 1. The van der Waals surface area contributed by atoms with E-state index in [1.165, 1.54) is 11.6 Å². The van der Waals surface area contributed by atoms with Crippen LogP contribution in [-0.2, 0) is 13.1 Å². The van der Waals surface area contributed by atoms with Crippen molar-refractivity contribution in [1.29, 1.82) is 0 Å². The van der Waals surface area contributed by atoms with Gasteiger partial charge in [0.2, 0.25) is 0 Å². The lowest BCUT2D eigenvalue weighted by atomic mass is 9.96. The van der Waals surface area contributed by atoms with Crippen LogP contribution in [0.25, 0.3) is 0 Å². The highest BCUT2D eigenvalue weighted by molar-refractivity contribution is 6.02. The molecule has 0 radical (unpaired) electrons. The van der Waals surface area contributed by atoms with Crippen molar-refractivity contribution in [2.24, 2.45) is 0 Å². The Labute approximate surface area is 123 Å². The lowest BCUT2D eigenvalue weighted by Crippen LogP contribution is -2.34. The summed E-state index contributed by atoms with van der Waals surface area (Å²) in [5.41, 5.74) is 2.42. The van der Waals surface area contributed by atoms with Gasteiger partial charge in [-0.1, -0.05) is 30.3 Å². The van der Waals surface area contributed by atoms with Gasteiger partial charge in [0, 0.05) is 19.2 Å². The van der Waals surface area contributed by atoms with E-state index >= 15 is 0 Å². The predicted octanol–water partition coefficient (Wildman–Crippen LogP) is 2.60. The molecule has 3 rings (SSSR count). The molecule has 0 fully saturated rings. The molecule has 4 nitrogen and oxygen atoms in total. The SMILES string of the molecule is COc1cc(O)c2c(c1)CN(Cc1ccccc1)CC2=O. The third-order valence-electron chi connectivity index (χ3n) is 3.70. The molecular formula is C17H17NO3. The molecule has 108 valence electrons. The number of hydrogen-bond acceptors (Lipinski definition) is 4. The normalized spacial score (nSPS) is 14.8. The van der Waals surface area contributed by atoms with Gasteiger partial charge in [-0.2, -0.15) is 0 Å². The smallest absolute Gasteiger partial charge is 0.180 e. The van der Waals surface area contributed by atoms with Gasteiger partial charge in [-0.15, -0.1) is 0 Å². The van der Waals surface area contributed by atoms with E-state index in [-0.39, 0.29) is 11.5 Å². The zero-order chi connectivity index (χ0) is 14.8. The van der Waals surface area contributed by atoms with E-state index < -0.39 is 0 Å². The number of ether oxygens (including phenoxy) is 1. The number of carbonyl (C=O) groups is 1. The van der Waals surface area contributed by atoms with Crippen LogP contribution in [0.2, 0.25) is 0 Å². The van der Waals surface area contributed by atoms with Gasteiger partial charge >= 0.3 is 0 Å². The molecule has 0 aliphatic carbocycles. The molecule has 0 aromatic heterocycles. The summed E-state index contributed by atoms with van der Waals surface area (Å²) in [6.45, 7) is 1.66. The predicted molar refractivity (Wildman–Crippen MR) is 79.5 cm³/mol. The Morgan fingerprint density at radius 2 is 1.95 bits per heavy atom.